The highest BCUT2D eigenvalue weighted by molar-refractivity contribution is 5.79. The molecule has 0 saturated heterocycles. The first-order valence-corrected chi connectivity index (χ1v) is 12.5. The van der Waals surface area contributed by atoms with Crippen LogP contribution in [0.2, 0.25) is 0 Å². The van der Waals surface area contributed by atoms with E-state index in [4.69, 9.17) is 14.5 Å². The Kier molecular flexibility index (Phi) is 7.93. The molecule has 1 heterocycles. The number of ether oxygens (including phenoxy) is 2. The van der Waals surface area contributed by atoms with Gasteiger partial charge in [-0.1, -0.05) is 42.5 Å². The predicted octanol–water partition coefficient (Wildman–Crippen LogP) is 6.00. The number of benzene rings is 3. The first kappa shape index (κ1) is 25.3. The second-order valence-electron chi connectivity index (χ2n) is 9.38. The molecular formula is C30H35N3O3. The number of rotatable bonds is 10. The number of para-hydroxylation sites is 3. The molecule has 0 aliphatic heterocycles. The molecule has 0 spiro atoms. The summed E-state index contributed by atoms with van der Waals surface area (Å²) in [7, 11) is 0. The van der Waals surface area contributed by atoms with E-state index in [2.05, 4.69) is 41.9 Å². The van der Waals surface area contributed by atoms with Gasteiger partial charge in [-0.2, -0.15) is 0 Å². The summed E-state index contributed by atoms with van der Waals surface area (Å²) in [5, 5.41) is 3.05. The minimum Gasteiger partial charge on any atom is -0.493 e. The monoisotopic (exact) mass is 485 g/mol. The van der Waals surface area contributed by atoms with Crippen molar-refractivity contribution in [3.05, 3.63) is 88.7 Å². The van der Waals surface area contributed by atoms with Crippen molar-refractivity contribution in [3.63, 3.8) is 0 Å². The first-order valence-electron chi connectivity index (χ1n) is 12.5. The molecule has 4 aromatic rings. The van der Waals surface area contributed by atoms with Crippen LogP contribution in [0.5, 0.6) is 11.5 Å². The van der Waals surface area contributed by atoms with Crippen LogP contribution in [-0.2, 0) is 11.3 Å². The Bertz CT molecular complexity index is 1340. The maximum absolute atomic E-state index is 12.7. The summed E-state index contributed by atoms with van der Waals surface area (Å²) in [5.74, 6) is 2.33. The van der Waals surface area contributed by atoms with E-state index in [-0.39, 0.29) is 18.6 Å². The molecule has 0 aliphatic rings. The zero-order valence-electron chi connectivity index (χ0n) is 21.8. The third-order valence-electron chi connectivity index (χ3n) is 6.33. The summed E-state index contributed by atoms with van der Waals surface area (Å²) in [5.41, 5.74) is 6.35. The Balaban J connectivity index is 1.42. The normalized spacial score (nSPS) is 11.9. The predicted molar refractivity (Wildman–Crippen MR) is 144 cm³/mol. The lowest BCUT2D eigenvalue weighted by Crippen LogP contribution is -2.32. The van der Waals surface area contributed by atoms with E-state index in [1.165, 1.54) is 0 Å². The summed E-state index contributed by atoms with van der Waals surface area (Å²) in [6.07, 6.45) is 0.817. The van der Waals surface area contributed by atoms with Crippen LogP contribution in [0.1, 0.15) is 47.5 Å². The van der Waals surface area contributed by atoms with Crippen LogP contribution in [0.4, 0.5) is 0 Å². The lowest BCUT2D eigenvalue weighted by Gasteiger charge is -2.17. The number of fused-ring (bicyclic) bond motifs is 1. The number of hydrogen-bond donors (Lipinski definition) is 1. The standard InChI is InChI=1S/C30H35N3O3/c1-20-14-15-21(2)27(18-20)36-19-28(34)31-24(5)30-32-25-12-6-7-13-26(25)33(30)16-9-17-35-29-22(3)10-8-11-23(29)4/h6-8,10-15,18,24H,9,16-17,19H2,1-5H3,(H,31,34). The highest BCUT2D eigenvalue weighted by atomic mass is 16.5. The molecule has 1 amide bonds. The van der Waals surface area contributed by atoms with Gasteiger partial charge >= 0.3 is 0 Å². The Morgan fingerprint density at radius 1 is 0.944 bits per heavy atom. The minimum absolute atomic E-state index is 0.0432. The third kappa shape index (κ3) is 5.88. The second kappa shape index (κ2) is 11.3. The van der Waals surface area contributed by atoms with Crippen molar-refractivity contribution in [2.45, 2.75) is 53.6 Å². The number of imidazole rings is 1. The molecule has 0 aliphatic carbocycles. The van der Waals surface area contributed by atoms with Gasteiger partial charge in [-0.05, 0) is 81.5 Å². The van der Waals surface area contributed by atoms with Gasteiger partial charge in [-0.3, -0.25) is 4.79 Å². The van der Waals surface area contributed by atoms with Crippen LogP contribution >= 0.6 is 0 Å². The van der Waals surface area contributed by atoms with E-state index >= 15 is 0 Å². The summed E-state index contributed by atoms with van der Waals surface area (Å²) < 4.78 is 14.1. The highest BCUT2D eigenvalue weighted by Crippen LogP contribution is 2.24. The van der Waals surface area contributed by atoms with Crippen molar-refractivity contribution < 1.29 is 14.3 Å². The van der Waals surface area contributed by atoms with E-state index < -0.39 is 0 Å². The van der Waals surface area contributed by atoms with Crippen molar-refractivity contribution in [3.8, 4) is 11.5 Å². The van der Waals surface area contributed by atoms with Crippen LogP contribution in [-0.4, -0.2) is 28.7 Å². The lowest BCUT2D eigenvalue weighted by molar-refractivity contribution is -0.123. The molecule has 1 unspecified atom stereocenters. The molecule has 0 radical (unpaired) electrons. The highest BCUT2D eigenvalue weighted by Gasteiger charge is 2.19. The van der Waals surface area contributed by atoms with Gasteiger partial charge in [-0.25, -0.2) is 4.98 Å². The summed E-state index contributed by atoms with van der Waals surface area (Å²) >= 11 is 0. The molecule has 1 N–H and O–H groups in total. The van der Waals surface area contributed by atoms with Gasteiger partial charge in [0.05, 0.1) is 23.7 Å². The van der Waals surface area contributed by atoms with E-state index in [0.29, 0.717) is 6.61 Å². The van der Waals surface area contributed by atoms with Crippen LogP contribution < -0.4 is 14.8 Å². The second-order valence-corrected chi connectivity index (χ2v) is 9.38. The van der Waals surface area contributed by atoms with Gasteiger partial charge in [0.25, 0.3) is 5.91 Å². The number of nitrogens with zero attached hydrogens (tertiary/aromatic N) is 2. The zero-order valence-corrected chi connectivity index (χ0v) is 21.8. The fraction of sp³-hybridized carbons (Fsp3) is 0.333. The van der Waals surface area contributed by atoms with Crippen molar-refractivity contribution in [2.24, 2.45) is 0 Å². The number of nitrogens with one attached hydrogen (secondary N) is 1. The molecule has 36 heavy (non-hydrogen) atoms. The van der Waals surface area contributed by atoms with Crippen molar-refractivity contribution in [1.82, 2.24) is 14.9 Å². The molecule has 1 atom stereocenters. The van der Waals surface area contributed by atoms with Gasteiger partial charge in [0.2, 0.25) is 0 Å². The van der Waals surface area contributed by atoms with Gasteiger partial charge in [0, 0.05) is 6.54 Å². The number of aromatic nitrogens is 2. The maximum atomic E-state index is 12.7. The topological polar surface area (TPSA) is 65.4 Å². The van der Waals surface area contributed by atoms with Gasteiger partial charge in [-0.15, -0.1) is 0 Å². The van der Waals surface area contributed by atoms with E-state index in [1.807, 2.05) is 63.2 Å². The molecule has 6 heteroatoms. The van der Waals surface area contributed by atoms with Crippen LogP contribution in [0.3, 0.4) is 0 Å². The molecule has 0 saturated carbocycles. The van der Waals surface area contributed by atoms with Crippen molar-refractivity contribution in [1.29, 1.82) is 0 Å². The molecule has 4 rings (SSSR count). The molecule has 188 valence electrons. The summed E-state index contributed by atoms with van der Waals surface area (Å²) in [4.78, 5) is 17.6. The minimum atomic E-state index is -0.272. The molecule has 0 fully saturated rings. The molecule has 6 nitrogen and oxygen atoms in total. The smallest absolute Gasteiger partial charge is 0.258 e. The number of carbonyl (C=O) groups excluding carboxylic acids is 1. The fourth-order valence-electron chi connectivity index (χ4n) is 4.44. The summed E-state index contributed by atoms with van der Waals surface area (Å²) in [6.45, 7) is 11.4. The van der Waals surface area contributed by atoms with Gasteiger partial charge in [0.15, 0.2) is 6.61 Å². The van der Waals surface area contributed by atoms with Gasteiger partial charge < -0.3 is 19.4 Å². The quantitative estimate of drug-likeness (QED) is 0.280. The first-order chi connectivity index (χ1) is 17.3. The Labute approximate surface area is 213 Å². The zero-order chi connectivity index (χ0) is 25.7. The van der Waals surface area contributed by atoms with E-state index in [9.17, 15) is 4.79 Å². The molecule has 0 bridgehead atoms. The third-order valence-corrected chi connectivity index (χ3v) is 6.33. The number of hydrogen-bond acceptors (Lipinski definition) is 4. The number of aryl methyl sites for hydroxylation is 5. The Morgan fingerprint density at radius 2 is 1.69 bits per heavy atom. The van der Waals surface area contributed by atoms with E-state index in [0.717, 1.165) is 63.6 Å². The van der Waals surface area contributed by atoms with Gasteiger partial charge in [0.1, 0.15) is 17.3 Å². The average molecular weight is 486 g/mol. The lowest BCUT2D eigenvalue weighted by atomic mass is 10.1. The molecule has 1 aromatic heterocycles. The summed E-state index contributed by atoms with van der Waals surface area (Å²) in [6, 6.07) is 19.9. The molecule has 3 aromatic carbocycles. The van der Waals surface area contributed by atoms with Crippen LogP contribution in [0.25, 0.3) is 11.0 Å². The molecular weight excluding hydrogens is 450 g/mol. The number of amides is 1. The van der Waals surface area contributed by atoms with Crippen LogP contribution in [0, 0.1) is 27.7 Å². The Morgan fingerprint density at radius 3 is 2.47 bits per heavy atom. The average Bonchev–Trinajstić information content (AvgIpc) is 3.22. The maximum Gasteiger partial charge on any atom is 0.258 e. The van der Waals surface area contributed by atoms with Crippen molar-refractivity contribution >= 4 is 16.9 Å². The Hall–Kier alpha value is -3.80. The van der Waals surface area contributed by atoms with E-state index in [1.54, 1.807) is 0 Å². The SMILES string of the molecule is Cc1ccc(C)c(OCC(=O)NC(C)c2nc3ccccc3n2CCCOc2c(C)cccc2C)c1. The largest absolute Gasteiger partial charge is 0.493 e. The number of carbonyl (C=O) groups is 1. The van der Waals surface area contributed by atoms with Crippen LogP contribution in [0.15, 0.2) is 60.7 Å². The van der Waals surface area contributed by atoms with Crippen molar-refractivity contribution in [2.75, 3.05) is 13.2 Å². The fourth-order valence-corrected chi connectivity index (χ4v) is 4.44.